The van der Waals surface area contributed by atoms with Gasteiger partial charge < -0.3 is 10.1 Å². The molecule has 3 aliphatic carbocycles. The summed E-state index contributed by atoms with van der Waals surface area (Å²) in [6.45, 7) is 0. The molecule has 1 amide bonds. The highest BCUT2D eigenvalue weighted by Gasteiger charge is 2.75. The summed E-state index contributed by atoms with van der Waals surface area (Å²) in [5, 5.41) is 2.88. The quantitative estimate of drug-likeness (QED) is 0.569. The molecule has 3 saturated carbocycles. The SMILES string of the molecule is C#CC1CC(NC(=O)C23CC2C3)(C(=O)OC)C1. The van der Waals surface area contributed by atoms with Crippen molar-refractivity contribution in [2.75, 3.05) is 7.11 Å². The van der Waals surface area contributed by atoms with Gasteiger partial charge in [-0.15, -0.1) is 12.3 Å². The van der Waals surface area contributed by atoms with E-state index in [-0.39, 0.29) is 23.2 Å². The molecule has 1 N–H and O–H groups in total. The number of nitrogens with one attached hydrogen (secondary N) is 1. The number of carbonyl (C=O) groups excluding carboxylic acids is 2. The molecule has 0 aromatic heterocycles. The molecule has 0 aromatic rings. The Morgan fingerprint density at radius 2 is 1.94 bits per heavy atom. The molecule has 90 valence electrons. The molecule has 0 saturated heterocycles. The van der Waals surface area contributed by atoms with E-state index < -0.39 is 5.54 Å². The van der Waals surface area contributed by atoms with Crippen LogP contribution in [-0.4, -0.2) is 24.5 Å². The second-order valence-electron chi connectivity index (χ2n) is 5.56. The standard InChI is InChI=1S/C13H15NO3/c1-3-8-4-13(5-8,11(16)17-2)14-10(15)12-6-9(12)7-12/h1,8-9H,4-7H2,2H3,(H,14,15). The van der Waals surface area contributed by atoms with Crippen LogP contribution >= 0.6 is 0 Å². The van der Waals surface area contributed by atoms with Crippen LogP contribution in [0.3, 0.4) is 0 Å². The maximum absolute atomic E-state index is 12.0. The molecule has 3 rings (SSSR count). The summed E-state index contributed by atoms with van der Waals surface area (Å²) in [4.78, 5) is 23.8. The highest BCUT2D eigenvalue weighted by Crippen LogP contribution is 2.75. The Bertz CT molecular complexity index is 436. The number of carbonyl (C=O) groups is 2. The molecule has 0 unspecified atom stereocenters. The third-order valence-electron chi connectivity index (χ3n) is 4.49. The first-order valence-electron chi connectivity index (χ1n) is 5.93. The molecule has 0 bridgehead atoms. The first kappa shape index (κ1) is 10.6. The maximum atomic E-state index is 12.0. The highest BCUT2D eigenvalue weighted by molar-refractivity contribution is 5.95. The van der Waals surface area contributed by atoms with Crippen LogP contribution in [0.2, 0.25) is 0 Å². The van der Waals surface area contributed by atoms with E-state index in [4.69, 9.17) is 11.2 Å². The smallest absolute Gasteiger partial charge is 0.331 e. The Hall–Kier alpha value is -1.50. The summed E-state index contributed by atoms with van der Waals surface area (Å²) >= 11 is 0. The molecule has 0 aromatic carbocycles. The molecule has 3 aliphatic rings. The van der Waals surface area contributed by atoms with Crippen LogP contribution in [0.25, 0.3) is 0 Å². The monoisotopic (exact) mass is 233 g/mol. The van der Waals surface area contributed by atoms with E-state index in [0.717, 1.165) is 12.8 Å². The van der Waals surface area contributed by atoms with Crippen LogP contribution < -0.4 is 5.32 Å². The van der Waals surface area contributed by atoms with Crippen LogP contribution in [0.15, 0.2) is 0 Å². The van der Waals surface area contributed by atoms with E-state index in [1.807, 2.05) is 0 Å². The van der Waals surface area contributed by atoms with Crippen LogP contribution in [0.5, 0.6) is 0 Å². The van der Waals surface area contributed by atoms with E-state index in [0.29, 0.717) is 18.8 Å². The molecule has 0 spiro atoms. The van der Waals surface area contributed by atoms with Crippen LogP contribution in [0.4, 0.5) is 0 Å². The Balaban J connectivity index is 1.70. The van der Waals surface area contributed by atoms with E-state index in [2.05, 4.69) is 11.2 Å². The molecular weight excluding hydrogens is 218 g/mol. The second-order valence-corrected chi connectivity index (χ2v) is 5.56. The topological polar surface area (TPSA) is 55.4 Å². The number of hydrogen-bond acceptors (Lipinski definition) is 3. The van der Waals surface area contributed by atoms with Gasteiger partial charge in [-0.05, 0) is 31.6 Å². The number of terminal acetylenes is 1. The predicted octanol–water partition coefficient (Wildman–Crippen LogP) is 0.468. The van der Waals surface area contributed by atoms with Crippen LogP contribution in [0, 0.1) is 29.6 Å². The molecule has 0 heterocycles. The van der Waals surface area contributed by atoms with E-state index >= 15 is 0 Å². The summed E-state index contributed by atoms with van der Waals surface area (Å²) in [5.41, 5.74) is -0.977. The van der Waals surface area contributed by atoms with E-state index in [1.54, 1.807) is 0 Å². The number of fused-ring (bicyclic) bond motifs is 1. The zero-order chi connectivity index (χ0) is 12.3. The summed E-state index contributed by atoms with van der Waals surface area (Å²) in [6.07, 6.45) is 8.29. The molecule has 4 heteroatoms. The van der Waals surface area contributed by atoms with Gasteiger partial charge in [-0.2, -0.15) is 0 Å². The Morgan fingerprint density at radius 3 is 2.35 bits per heavy atom. The first-order valence-corrected chi connectivity index (χ1v) is 5.93. The van der Waals surface area contributed by atoms with Crippen molar-refractivity contribution in [3.05, 3.63) is 0 Å². The normalized spacial score (nSPS) is 44.7. The van der Waals surface area contributed by atoms with Gasteiger partial charge in [-0.1, -0.05) is 0 Å². The highest BCUT2D eigenvalue weighted by atomic mass is 16.5. The fourth-order valence-electron chi connectivity index (χ4n) is 2.83. The van der Waals surface area contributed by atoms with Crippen molar-refractivity contribution < 1.29 is 14.3 Å². The van der Waals surface area contributed by atoms with Gasteiger partial charge in [0.15, 0.2) is 0 Å². The fraction of sp³-hybridized carbons (Fsp3) is 0.692. The number of ether oxygens (including phenoxy) is 1. The minimum absolute atomic E-state index is 0.0170. The minimum Gasteiger partial charge on any atom is -0.467 e. The van der Waals surface area contributed by atoms with Crippen molar-refractivity contribution in [3.8, 4) is 12.3 Å². The lowest BCUT2D eigenvalue weighted by atomic mass is 9.68. The van der Waals surface area contributed by atoms with Gasteiger partial charge in [0.25, 0.3) is 0 Å². The minimum atomic E-state index is -0.854. The Kier molecular flexibility index (Phi) is 1.90. The van der Waals surface area contributed by atoms with Gasteiger partial charge in [0.05, 0.1) is 12.5 Å². The molecule has 0 atom stereocenters. The maximum Gasteiger partial charge on any atom is 0.331 e. The van der Waals surface area contributed by atoms with E-state index in [9.17, 15) is 9.59 Å². The average molecular weight is 233 g/mol. The number of esters is 1. The molecular formula is C13H15NO3. The third-order valence-corrected chi connectivity index (χ3v) is 4.49. The largest absolute Gasteiger partial charge is 0.467 e. The average Bonchev–Trinajstić information content (AvgIpc) is 3.09. The van der Waals surface area contributed by atoms with Gasteiger partial charge >= 0.3 is 5.97 Å². The van der Waals surface area contributed by atoms with Crippen molar-refractivity contribution in [2.45, 2.75) is 31.2 Å². The van der Waals surface area contributed by atoms with Crippen molar-refractivity contribution in [1.82, 2.24) is 5.32 Å². The van der Waals surface area contributed by atoms with Gasteiger partial charge in [0.1, 0.15) is 5.54 Å². The van der Waals surface area contributed by atoms with Crippen molar-refractivity contribution >= 4 is 11.9 Å². The van der Waals surface area contributed by atoms with E-state index in [1.165, 1.54) is 7.11 Å². The lowest BCUT2D eigenvalue weighted by molar-refractivity contribution is -0.157. The molecule has 17 heavy (non-hydrogen) atoms. The van der Waals surface area contributed by atoms with Crippen molar-refractivity contribution in [1.29, 1.82) is 0 Å². The number of methoxy groups -OCH3 is 1. The zero-order valence-electron chi connectivity index (χ0n) is 9.79. The van der Waals surface area contributed by atoms with Gasteiger partial charge in [0.2, 0.25) is 5.91 Å². The first-order chi connectivity index (χ1) is 8.06. The van der Waals surface area contributed by atoms with Crippen LogP contribution in [-0.2, 0) is 14.3 Å². The summed E-state index contributed by atoms with van der Waals surface area (Å²) in [6, 6.07) is 0. The van der Waals surface area contributed by atoms with Gasteiger partial charge in [0, 0.05) is 5.92 Å². The van der Waals surface area contributed by atoms with Gasteiger partial charge in [-0.25, -0.2) is 4.79 Å². The molecule has 3 fully saturated rings. The lowest BCUT2D eigenvalue weighted by Crippen LogP contribution is -2.63. The lowest BCUT2D eigenvalue weighted by Gasteiger charge is -2.43. The van der Waals surface area contributed by atoms with Gasteiger partial charge in [-0.3, -0.25) is 4.79 Å². The Labute approximate surface area is 100 Å². The van der Waals surface area contributed by atoms with Crippen molar-refractivity contribution in [2.24, 2.45) is 17.3 Å². The summed E-state index contributed by atoms with van der Waals surface area (Å²) in [5.74, 6) is 2.90. The summed E-state index contributed by atoms with van der Waals surface area (Å²) < 4.78 is 4.78. The molecule has 0 radical (unpaired) electrons. The zero-order valence-corrected chi connectivity index (χ0v) is 9.79. The summed E-state index contributed by atoms with van der Waals surface area (Å²) in [7, 11) is 1.34. The molecule has 4 nitrogen and oxygen atoms in total. The fourth-order valence-corrected chi connectivity index (χ4v) is 2.83. The third kappa shape index (κ3) is 1.32. The second kappa shape index (κ2) is 3.04. The number of amides is 1. The van der Waals surface area contributed by atoms with Crippen molar-refractivity contribution in [3.63, 3.8) is 0 Å². The molecule has 0 aliphatic heterocycles. The number of hydrogen-bond donors (Lipinski definition) is 1. The Morgan fingerprint density at radius 1 is 1.35 bits per heavy atom. The predicted molar refractivity (Wildman–Crippen MR) is 59.6 cm³/mol. The van der Waals surface area contributed by atoms with Crippen LogP contribution in [0.1, 0.15) is 25.7 Å². The number of rotatable bonds is 3.